The molecule has 0 saturated carbocycles. The minimum absolute atomic E-state index is 0.226. The van der Waals surface area contributed by atoms with Gasteiger partial charge in [0.15, 0.2) is 0 Å². The van der Waals surface area contributed by atoms with Crippen molar-refractivity contribution in [2.45, 2.75) is 25.8 Å². The molecule has 0 aliphatic heterocycles. The molecular weight excluding hydrogens is 269 g/mol. The lowest BCUT2D eigenvalue weighted by Gasteiger charge is -2.19. The van der Waals surface area contributed by atoms with Gasteiger partial charge in [0.1, 0.15) is 11.6 Å². The Labute approximate surface area is 115 Å². The second kappa shape index (κ2) is 5.48. The summed E-state index contributed by atoms with van der Waals surface area (Å²) < 4.78 is 14.5. The third kappa shape index (κ3) is 2.81. The van der Waals surface area contributed by atoms with Gasteiger partial charge in [-0.3, -0.25) is 9.89 Å². The van der Waals surface area contributed by atoms with Crippen molar-refractivity contribution in [2.24, 2.45) is 0 Å². The molecular formula is C13H15ClFN3O. The average Bonchev–Trinajstić information content (AvgIpc) is 2.66. The number of nitrogens with two attached hydrogens (primary N) is 1. The van der Waals surface area contributed by atoms with Crippen LogP contribution in [0.4, 0.5) is 10.2 Å². The Morgan fingerprint density at radius 1 is 1.47 bits per heavy atom. The molecule has 0 fully saturated rings. The SMILES string of the molecule is CCCC(c1ccc(F)cc1Cl)n1[nH]c(N)cc1=O. The van der Waals surface area contributed by atoms with E-state index < -0.39 is 5.82 Å². The van der Waals surface area contributed by atoms with E-state index in [1.165, 1.54) is 22.9 Å². The maximum atomic E-state index is 13.1. The Morgan fingerprint density at radius 3 is 2.74 bits per heavy atom. The van der Waals surface area contributed by atoms with Crippen LogP contribution in [-0.4, -0.2) is 9.78 Å². The first-order chi connectivity index (χ1) is 9.02. The van der Waals surface area contributed by atoms with Gasteiger partial charge < -0.3 is 5.73 Å². The minimum Gasteiger partial charge on any atom is -0.384 e. The predicted molar refractivity (Wildman–Crippen MR) is 73.9 cm³/mol. The van der Waals surface area contributed by atoms with Crippen molar-refractivity contribution < 1.29 is 4.39 Å². The summed E-state index contributed by atoms with van der Waals surface area (Å²) in [4.78, 5) is 11.8. The average molecular weight is 284 g/mol. The Hall–Kier alpha value is -1.75. The summed E-state index contributed by atoms with van der Waals surface area (Å²) in [5.74, 6) is -0.105. The first-order valence-corrected chi connectivity index (χ1v) is 6.42. The van der Waals surface area contributed by atoms with Crippen LogP contribution in [0.3, 0.4) is 0 Å². The first-order valence-electron chi connectivity index (χ1n) is 6.05. The highest BCUT2D eigenvalue weighted by atomic mass is 35.5. The molecule has 19 heavy (non-hydrogen) atoms. The lowest BCUT2D eigenvalue weighted by atomic mass is 10.0. The Balaban J connectivity index is 2.51. The number of H-pyrrole nitrogens is 1. The second-order valence-electron chi connectivity index (χ2n) is 4.39. The second-order valence-corrected chi connectivity index (χ2v) is 4.80. The number of benzene rings is 1. The maximum absolute atomic E-state index is 13.1. The van der Waals surface area contributed by atoms with E-state index >= 15 is 0 Å². The first kappa shape index (κ1) is 13.7. The summed E-state index contributed by atoms with van der Waals surface area (Å²) in [5, 5.41) is 3.10. The van der Waals surface area contributed by atoms with Gasteiger partial charge in [-0.15, -0.1) is 0 Å². The van der Waals surface area contributed by atoms with Crippen molar-refractivity contribution in [3.63, 3.8) is 0 Å². The highest BCUT2D eigenvalue weighted by Gasteiger charge is 2.19. The monoisotopic (exact) mass is 283 g/mol. The van der Waals surface area contributed by atoms with Gasteiger partial charge in [0.25, 0.3) is 5.56 Å². The number of aromatic nitrogens is 2. The molecule has 2 rings (SSSR count). The third-order valence-electron chi connectivity index (χ3n) is 2.96. The van der Waals surface area contributed by atoms with E-state index in [1.807, 2.05) is 6.92 Å². The van der Waals surface area contributed by atoms with Crippen molar-refractivity contribution >= 4 is 17.4 Å². The van der Waals surface area contributed by atoms with Crippen molar-refractivity contribution in [3.8, 4) is 0 Å². The van der Waals surface area contributed by atoms with Gasteiger partial charge in [-0.2, -0.15) is 0 Å². The van der Waals surface area contributed by atoms with Crippen LogP contribution in [0.5, 0.6) is 0 Å². The molecule has 1 aromatic heterocycles. The van der Waals surface area contributed by atoms with E-state index in [-0.39, 0.29) is 11.6 Å². The van der Waals surface area contributed by atoms with E-state index in [9.17, 15) is 9.18 Å². The number of halogens is 2. The van der Waals surface area contributed by atoms with E-state index in [0.717, 1.165) is 6.42 Å². The van der Waals surface area contributed by atoms with E-state index in [0.29, 0.717) is 22.8 Å². The van der Waals surface area contributed by atoms with Gasteiger partial charge in [-0.1, -0.05) is 31.0 Å². The summed E-state index contributed by atoms with van der Waals surface area (Å²) in [6.07, 6.45) is 1.55. The molecule has 102 valence electrons. The van der Waals surface area contributed by atoms with Crippen LogP contribution in [0.2, 0.25) is 5.02 Å². The predicted octanol–water partition coefficient (Wildman–Crippen LogP) is 2.94. The van der Waals surface area contributed by atoms with Crippen molar-refractivity contribution in [1.29, 1.82) is 0 Å². The number of hydrogen-bond donors (Lipinski definition) is 2. The lowest BCUT2D eigenvalue weighted by molar-refractivity contribution is 0.473. The van der Waals surface area contributed by atoms with Crippen LogP contribution in [0.1, 0.15) is 31.4 Å². The number of nitrogen functional groups attached to an aromatic ring is 1. The number of rotatable bonds is 4. The van der Waals surface area contributed by atoms with Crippen LogP contribution in [-0.2, 0) is 0 Å². The number of nitrogens with one attached hydrogen (secondary N) is 1. The molecule has 0 amide bonds. The van der Waals surface area contributed by atoms with Crippen LogP contribution in [0, 0.1) is 5.82 Å². The fourth-order valence-electron chi connectivity index (χ4n) is 2.13. The Morgan fingerprint density at radius 2 is 2.21 bits per heavy atom. The molecule has 0 radical (unpaired) electrons. The zero-order valence-corrected chi connectivity index (χ0v) is 11.2. The molecule has 6 heteroatoms. The Bertz CT molecular complexity index is 635. The molecule has 0 spiro atoms. The van der Waals surface area contributed by atoms with Crippen LogP contribution in [0.15, 0.2) is 29.1 Å². The third-order valence-corrected chi connectivity index (χ3v) is 3.29. The molecule has 1 heterocycles. The van der Waals surface area contributed by atoms with Gasteiger partial charge in [-0.25, -0.2) is 9.07 Å². The highest BCUT2D eigenvalue weighted by molar-refractivity contribution is 6.31. The highest BCUT2D eigenvalue weighted by Crippen LogP contribution is 2.29. The molecule has 4 nitrogen and oxygen atoms in total. The standard InChI is InChI=1S/C13H15ClFN3O/c1-2-3-11(18-13(19)7-12(16)17-18)9-5-4-8(15)6-10(9)14/h4-7,11,17H,2-3,16H2,1H3. The van der Waals surface area contributed by atoms with Gasteiger partial charge in [0.2, 0.25) is 0 Å². The van der Waals surface area contributed by atoms with Gasteiger partial charge in [0, 0.05) is 11.1 Å². The van der Waals surface area contributed by atoms with Gasteiger partial charge >= 0.3 is 0 Å². The summed E-state index contributed by atoms with van der Waals surface area (Å²) in [6, 6.07) is 5.22. The molecule has 2 aromatic rings. The number of anilines is 1. The van der Waals surface area contributed by atoms with Crippen LogP contribution < -0.4 is 11.3 Å². The van der Waals surface area contributed by atoms with E-state index in [2.05, 4.69) is 5.10 Å². The fraction of sp³-hybridized carbons (Fsp3) is 0.308. The van der Waals surface area contributed by atoms with Crippen molar-refractivity contribution in [3.05, 3.63) is 51.0 Å². The molecule has 0 saturated heterocycles. The zero-order chi connectivity index (χ0) is 14.0. The van der Waals surface area contributed by atoms with Gasteiger partial charge in [0.05, 0.1) is 6.04 Å². The largest absolute Gasteiger partial charge is 0.384 e. The summed E-state index contributed by atoms with van der Waals surface area (Å²) in [5.41, 5.74) is 6.06. The summed E-state index contributed by atoms with van der Waals surface area (Å²) in [7, 11) is 0. The molecule has 3 N–H and O–H groups in total. The topological polar surface area (TPSA) is 63.8 Å². The van der Waals surface area contributed by atoms with Crippen molar-refractivity contribution in [1.82, 2.24) is 9.78 Å². The number of hydrogen-bond acceptors (Lipinski definition) is 2. The molecule has 1 atom stereocenters. The molecule has 0 aliphatic rings. The smallest absolute Gasteiger partial charge is 0.269 e. The minimum atomic E-state index is -0.401. The van der Waals surface area contributed by atoms with E-state index in [4.69, 9.17) is 17.3 Å². The van der Waals surface area contributed by atoms with Crippen molar-refractivity contribution in [2.75, 3.05) is 5.73 Å². The number of aromatic amines is 1. The molecule has 1 unspecified atom stereocenters. The zero-order valence-electron chi connectivity index (χ0n) is 10.5. The Kier molecular flexibility index (Phi) is 3.95. The van der Waals surface area contributed by atoms with Crippen LogP contribution >= 0.6 is 11.6 Å². The quantitative estimate of drug-likeness (QED) is 0.906. The summed E-state index contributed by atoms with van der Waals surface area (Å²) in [6.45, 7) is 2.00. The molecule has 0 bridgehead atoms. The number of nitrogens with zero attached hydrogens (tertiary/aromatic N) is 1. The van der Waals surface area contributed by atoms with E-state index in [1.54, 1.807) is 6.07 Å². The maximum Gasteiger partial charge on any atom is 0.269 e. The summed E-state index contributed by atoms with van der Waals surface area (Å²) >= 11 is 6.07. The lowest BCUT2D eigenvalue weighted by Crippen LogP contribution is -2.23. The fourth-order valence-corrected chi connectivity index (χ4v) is 2.42. The van der Waals surface area contributed by atoms with Gasteiger partial charge in [-0.05, 0) is 24.1 Å². The molecule has 0 aliphatic carbocycles. The normalized spacial score (nSPS) is 12.6. The molecule has 1 aromatic carbocycles. The van der Waals surface area contributed by atoms with Crippen LogP contribution in [0.25, 0.3) is 0 Å².